The number of thiophene rings is 1. The van der Waals surface area contributed by atoms with Crippen molar-refractivity contribution < 1.29 is 27.7 Å². The number of alkyl halides is 3. The van der Waals surface area contributed by atoms with Crippen LogP contribution in [0.5, 0.6) is 0 Å². The first-order chi connectivity index (χ1) is 11.7. The number of hydrogen-bond acceptors (Lipinski definition) is 7. The maximum Gasteiger partial charge on any atom is 0.452 e. The zero-order chi connectivity index (χ0) is 18.6. The molecule has 1 aromatic carbocycles. The maximum atomic E-state index is 12.7. The summed E-state index contributed by atoms with van der Waals surface area (Å²) in [5.74, 6) is -3.46. The van der Waals surface area contributed by atoms with Gasteiger partial charge in [0.25, 0.3) is 11.5 Å². The SMILES string of the molecule is O=C(c1cccs1)C(N=Nc1ccc([N+](=O)[O-])cc1)C(=O)C(F)(F)F. The van der Waals surface area contributed by atoms with Gasteiger partial charge in [0.15, 0.2) is 0 Å². The maximum absolute atomic E-state index is 12.7. The lowest BCUT2D eigenvalue weighted by Crippen LogP contribution is -2.38. The summed E-state index contributed by atoms with van der Waals surface area (Å²) < 4.78 is 38.1. The van der Waals surface area contributed by atoms with E-state index in [1.165, 1.54) is 17.5 Å². The van der Waals surface area contributed by atoms with Crippen molar-refractivity contribution in [2.45, 2.75) is 12.2 Å². The van der Waals surface area contributed by atoms with Crippen LogP contribution in [0.3, 0.4) is 0 Å². The van der Waals surface area contributed by atoms with Crippen LogP contribution in [0, 0.1) is 10.1 Å². The molecule has 1 unspecified atom stereocenters. The van der Waals surface area contributed by atoms with Crippen molar-refractivity contribution in [3.8, 4) is 0 Å². The van der Waals surface area contributed by atoms with E-state index in [0.717, 1.165) is 35.6 Å². The minimum atomic E-state index is -5.26. The number of hydrogen-bond donors (Lipinski definition) is 0. The molecule has 2 aromatic rings. The molecule has 0 saturated heterocycles. The number of halogens is 3. The largest absolute Gasteiger partial charge is 0.452 e. The summed E-state index contributed by atoms with van der Waals surface area (Å²) in [6.07, 6.45) is -5.26. The number of nitro groups is 1. The fraction of sp³-hybridized carbons (Fsp3) is 0.143. The monoisotopic (exact) mass is 371 g/mol. The minimum absolute atomic E-state index is 0.0374. The van der Waals surface area contributed by atoms with E-state index in [-0.39, 0.29) is 16.3 Å². The van der Waals surface area contributed by atoms with E-state index in [4.69, 9.17) is 0 Å². The highest BCUT2D eigenvalue weighted by Gasteiger charge is 2.47. The van der Waals surface area contributed by atoms with Crippen molar-refractivity contribution in [3.05, 3.63) is 56.8 Å². The van der Waals surface area contributed by atoms with Crippen LogP contribution in [0.1, 0.15) is 9.67 Å². The van der Waals surface area contributed by atoms with Crippen molar-refractivity contribution in [1.82, 2.24) is 0 Å². The summed E-state index contributed by atoms with van der Waals surface area (Å²) in [7, 11) is 0. The highest BCUT2D eigenvalue weighted by molar-refractivity contribution is 7.12. The van der Waals surface area contributed by atoms with Crippen LogP contribution < -0.4 is 0 Å². The molecule has 0 amide bonds. The number of ketones is 2. The van der Waals surface area contributed by atoms with E-state index >= 15 is 0 Å². The van der Waals surface area contributed by atoms with Gasteiger partial charge >= 0.3 is 6.18 Å². The van der Waals surface area contributed by atoms with Crippen molar-refractivity contribution in [2.75, 3.05) is 0 Å². The molecule has 0 bridgehead atoms. The second-order valence-corrected chi connectivity index (χ2v) is 5.54. The summed E-state index contributed by atoms with van der Waals surface area (Å²) in [6, 6.07) is 4.74. The smallest absolute Gasteiger partial charge is 0.290 e. The standard InChI is InChI=1S/C14H8F3N3O4S/c15-14(16,17)13(22)11(12(21)10-2-1-7-25-10)19-18-8-3-5-9(6-4-8)20(23)24/h1-7,11H. The van der Waals surface area contributed by atoms with Crippen LogP contribution in [0.15, 0.2) is 52.0 Å². The number of azo groups is 1. The lowest BCUT2D eigenvalue weighted by molar-refractivity contribution is -0.384. The third kappa shape index (κ3) is 4.53. The minimum Gasteiger partial charge on any atom is -0.290 e. The molecule has 2 rings (SSSR count). The van der Waals surface area contributed by atoms with Crippen molar-refractivity contribution >= 4 is 34.3 Å². The van der Waals surface area contributed by atoms with Crippen LogP contribution in [-0.2, 0) is 4.79 Å². The summed E-state index contributed by atoms with van der Waals surface area (Å²) in [6.45, 7) is 0. The Morgan fingerprint density at radius 2 is 1.80 bits per heavy atom. The van der Waals surface area contributed by atoms with Crippen LogP contribution in [-0.4, -0.2) is 28.7 Å². The molecule has 0 fully saturated rings. The number of nitro benzene ring substituents is 1. The molecule has 0 aliphatic heterocycles. The first-order valence-electron chi connectivity index (χ1n) is 6.54. The van der Waals surface area contributed by atoms with Crippen molar-refractivity contribution in [1.29, 1.82) is 0 Å². The molecule has 0 N–H and O–H groups in total. The Hall–Kier alpha value is -2.95. The number of nitrogens with zero attached hydrogens (tertiary/aromatic N) is 3. The Balaban J connectivity index is 2.30. The Morgan fingerprint density at radius 1 is 1.16 bits per heavy atom. The number of carbonyl (C=O) groups is 2. The Kier molecular flexibility index (Phi) is 5.37. The van der Waals surface area contributed by atoms with Crippen molar-refractivity contribution in [2.24, 2.45) is 10.2 Å². The molecule has 0 aliphatic carbocycles. The molecule has 130 valence electrons. The van der Waals surface area contributed by atoms with Crippen LogP contribution >= 0.6 is 11.3 Å². The second kappa shape index (κ2) is 7.30. The van der Waals surface area contributed by atoms with Gasteiger partial charge in [-0.3, -0.25) is 19.7 Å². The molecular weight excluding hydrogens is 363 g/mol. The Bertz CT molecular complexity index is 817. The first kappa shape index (κ1) is 18.4. The highest BCUT2D eigenvalue weighted by Crippen LogP contribution is 2.25. The molecule has 0 spiro atoms. The number of Topliss-reactive ketones (excluding diaryl/α,β-unsaturated/α-hetero) is 2. The Morgan fingerprint density at radius 3 is 2.28 bits per heavy atom. The quantitative estimate of drug-likeness (QED) is 0.250. The van der Waals surface area contributed by atoms with Crippen LogP contribution in [0.2, 0.25) is 0 Å². The number of carbonyl (C=O) groups excluding carboxylic acids is 2. The molecule has 0 radical (unpaired) electrons. The molecule has 1 heterocycles. The van der Waals surface area contributed by atoms with Gasteiger partial charge < -0.3 is 0 Å². The fourth-order valence-electron chi connectivity index (χ4n) is 1.70. The van der Waals surface area contributed by atoms with Gasteiger partial charge in [0.1, 0.15) is 0 Å². The zero-order valence-electron chi connectivity index (χ0n) is 12.1. The van der Waals surface area contributed by atoms with Gasteiger partial charge in [-0.2, -0.15) is 23.4 Å². The molecule has 0 saturated carbocycles. The van der Waals surface area contributed by atoms with Gasteiger partial charge in [0.05, 0.1) is 15.5 Å². The lowest BCUT2D eigenvalue weighted by atomic mass is 10.1. The number of rotatable bonds is 6. The fourth-order valence-corrected chi connectivity index (χ4v) is 2.39. The van der Waals surface area contributed by atoms with Crippen LogP contribution in [0.25, 0.3) is 0 Å². The second-order valence-electron chi connectivity index (χ2n) is 4.60. The summed E-state index contributed by atoms with van der Waals surface area (Å²) >= 11 is 0.868. The van der Waals surface area contributed by atoms with Gasteiger partial charge in [0, 0.05) is 12.1 Å². The molecule has 11 heteroatoms. The number of non-ortho nitro benzene ring substituents is 1. The highest BCUT2D eigenvalue weighted by atomic mass is 32.1. The zero-order valence-corrected chi connectivity index (χ0v) is 13.0. The van der Waals surface area contributed by atoms with E-state index in [1.807, 2.05) is 0 Å². The third-order valence-electron chi connectivity index (χ3n) is 2.89. The summed E-state index contributed by atoms with van der Waals surface area (Å²) in [5, 5.41) is 18.7. The van der Waals surface area contributed by atoms with Gasteiger partial charge in [-0.1, -0.05) is 6.07 Å². The van der Waals surface area contributed by atoms with Gasteiger partial charge in [-0.15, -0.1) is 11.3 Å². The van der Waals surface area contributed by atoms with Gasteiger partial charge in [0.2, 0.25) is 11.8 Å². The average Bonchev–Trinajstić information content (AvgIpc) is 3.08. The van der Waals surface area contributed by atoms with Gasteiger partial charge in [-0.25, -0.2) is 0 Å². The summed E-state index contributed by atoms with van der Waals surface area (Å²) in [4.78, 5) is 33.4. The predicted molar refractivity (Wildman–Crippen MR) is 81.1 cm³/mol. The van der Waals surface area contributed by atoms with E-state index in [1.54, 1.807) is 0 Å². The molecule has 1 aromatic heterocycles. The predicted octanol–water partition coefficient (Wildman–Crippen LogP) is 4.12. The molecule has 1 atom stereocenters. The van der Waals surface area contributed by atoms with Gasteiger partial charge in [-0.05, 0) is 23.6 Å². The molecular formula is C14H8F3N3O4S. The first-order valence-corrected chi connectivity index (χ1v) is 7.42. The summed E-state index contributed by atoms with van der Waals surface area (Å²) in [5.41, 5.74) is -0.291. The van der Waals surface area contributed by atoms with E-state index in [0.29, 0.717) is 0 Å². The van der Waals surface area contributed by atoms with Crippen LogP contribution in [0.4, 0.5) is 24.5 Å². The van der Waals surface area contributed by atoms with E-state index in [2.05, 4.69) is 10.2 Å². The molecule has 0 aliphatic rings. The number of benzene rings is 1. The average molecular weight is 371 g/mol. The molecule has 25 heavy (non-hydrogen) atoms. The molecule has 7 nitrogen and oxygen atoms in total. The Labute approximate surface area is 142 Å². The lowest BCUT2D eigenvalue weighted by Gasteiger charge is -2.10. The topological polar surface area (TPSA) is 102 Å². The third-order valence-corrected chi connectivity index (χ3v) is 3.77. The van der Waals surface area contributed by atoms with E-state index in [9.17, 15) is 32.9 Å². The normalized spacial score (nSPS) is 12.9. The van der Waals surface area contributed by atoms with E-state index < -0.39 is 28.7 Å². The van der Waals surface area contributed by atoms with Crippen molar-refractivity contribution in [3.63, 3.8) is 0 Å².